The molecule has 0 heterocycles. The quantitative estimate of drug-likeness (QED) is 0.434. The van der Waals surface area contributed by atoms with Crippen molar-refractivity contribution in [3.05, 3.63) is 77.3 Å². The van der Waals surface area contributed by atoms with Gasteiger partial charge in [-0.05, 0) is 42.3 Å². The first-order valence-electron chi connectivity index (χ1n) is 10.2. The molecule has 0 unspecified atom stereocenters. The monoisotopic (exact) mass is 504 g/mol. The molecule has 0 aromatic heterocycles. The Morgan fingerprint density at radius 1 is 0.882 bits per heavy atom. The van der Waals surface area contributed by atoms with E-state index < -0.39 is 22.0 Å². The third-order valence-electron chi connectivity index (χ3n) is 4.98. The summed E-state index contributed by atoms with van der Waals surface area (Å²) in [5.41, 5.74) is 1.10. The number of halogens is 1. The molecule has 0 saturated carbocycles. The Morgan fingerprint density at radius 3 is 2.18 bits per heavy atom. The molecule has 0 aliphatic rings. The molecule has 0 fully saturated rings. The van der Waals surface area contributed by atoms with Crippen LogP contribution in [-0.2, 0) is 21.2 Å². The van der Waals surface area contributed by atoms with Crippen molar-refractivity contribution in [1.82, 2.24) is 4.72 Å². The Bertz CT molecular complexity index is 1250. The Kier molecular flexibility index (Phi) is 8.38. The number of nitrogens with one attached hydrogen (secondary N) is 2. The largest absolute Gasteiger partial charge is 0.495 e. The molecule has 8 nitrogen and oxygen atoms in total. The molecule has 180 valence electrons. The third-order valence-corrected chi connectivity index (χ3v) is 6.69. The summed E-state index contributed by atoms with van der Waals surface area (Å²) in [6.45, 7) is 0. The predicted octanol–water partition coefficient (Wildman–Crippen LogP) is 3.89. The van der Waals surface area contributed by atoms with Crippen molar-refractivity contribution in [3.63, 3.8) is 0 Å². The van der Waals surface area contributed by atoms with Crippen LogP contribution in [0.2, 0.25) is 5.02 Å². The van der Waals surface area contributed by atoms with Gasteiger partial charge in [0.25, 0.3) is 0 Å². The number of carbonyl (C=O) groups is 1. The highest BCUT2D eigenvalue weighted by Gasteiger charge is 2.27. The molecular weight excluding hydrogens is 480 g/mol. The van der Waals surface area contributed by atoms with Gasteiger partial charge in [-0.3, -0.25) is 4.79 Å². The first-order chi connectivity index (χ1) is 16.3. The van der Waals surface area contributed by atoms with Crippen LogP contribution in [0.3, 0.4) is 0 Å². The van der Waals surface area contributed by atoms with E-state index in [0.717, 1.165) is 5.56 Å². The molecule has 1 amide bonds. The fourth-order valence-electron chi connectivity index (χ4n) is 3.27. The highest BCUT2D eigenvalue weighted by Crippen LogP contribution is 2.30. The minimum Gasteiger partial charge on any atom is -0.495 e. The van der Waals surface area contributed by atoms with E-state index in [1.165, 1.54) is 45.6 Å². The summed E-state index contributed by atoms with van der Waals surface area (Å²) in [5.74, 6) is 0.443. The highest BCUT2D eigenvalue weighted by atomic mass is 35.5. The number of carbonyl (C=O) groups excluding carboxylic acids is 1. The highest BCUT2D eigenvalue weighted by molar-refractivity contribution is 7.89. The summed E-state index contributed by atoms with van der Waals surface area (Å²) in [5, 5.41) is 3.11. The first-order valence-corrected chi connectivity index (χ1v) is 12.1. The maximum absolute atomic E-state index is 13.2. The number of sulfonamides is 1. The van der Waals surface area contributed by atoms with Crippen LogP contribution in [0.5, 0.6) is 17.2 Å². The number of ether oxygens (including phenoxy) is 3. The molecule has 0 aliphatic carbocycles. The van der Waals surface area contributed by atoms with Crippen molar-refractivity contribution >= 4 is 33.2 Å². The van der Waals surface area contributed by atoms with Crippen LogP contribution in [0.15, 0.2) is 71.6 Å². The topological polar surface area (TPSA) is 103 Å². The van der Waals surface area contributed by atoms with Gasteiger partial charge >= 0.3 is 0 Å². The minimum absolute atomic E-state index is 0.0728. The van der Waals surface area contributed by atoms with Gasteiger partial charge in [0.2, 0.25) is 15.9 Å². The zero-order valence-electron chi connectivity index (χ0n) is 18.9. The summed E-state index contributed by atoms with van der Waals surface area (Å²) < 4.78 is 44.6. The van der Waals surface area contributed by atoms with Crippen molar-refractivity contribution in [2.75, 3.05) is 26.6 Å². The lowest BCUT2D eigenvalue weighted by Gasteiger charge is -2.20. The van der Waals surface area contributed by atoms with Gasteiger partial charge in [0.15, 0.2) is 11.5 Å². The van der Waals surface area contributed by atoms with Crippen molar-refractivity contribution in [2.24, 2.45) is 0 Å². The summed E-state index contributed by atoms with van der Waals surface area (Å²) in [6, 6.07) is 16.9. The Hall–Kier alpha value is -3.27. The van der Waals surface area contributed by atoms with Crippen LogP contribution in [-0.4, -0.2) is 41.7 Å². The SMILES string of the molecule is COc1ccc(Cl)cc1NC(=O)[C@H](Cc1ccccc1)NS(=O)(=O)c1ccc(OC)c(OC)c1. The normalized spacial score (nSPS) is 12.0. The van der Waals surface area contributed by atoms with Crippen LogP contribution in [0, 0.1) is 0 Å². The zero-order chi connectivity index (χ0) is 24.7. The van der Waals surface area contributed by atoms with Gasteiger partial charge in [0.1, 0.15) is 11.8 Å². The molecule has 1 atom stereocenters. The van der Waals surface area contributed by atoms with Gasteiger partial charge in [-0.15, -0.1) is 0 Å². The Balaban J connectivity index is 1.93. The van der Waals surface area contributed by atoms with Gasteiger partial charge in [0.05, 0.1) is 31.9 Å². The van der Waals surface area contributed by atoms with E-state index in [1.807, 2.05) is 30.3 Å². The first kappa shape index (κ1) is 25.4. The molecule has 0 bridgehead atoms. The Labute approximate surface area is 203 Å². The third kappa shape index (κ3) is 6.19. The van der Waals surface area contributed by atoms with E-state index in [0.29, 0.717) is 22.2 Å². The van der Waals surface area contributed by atoms with E-state index in [1.54, 1.807) is 12.1 Å². The average Bonchev–Trinajstić information content (AvgIpc) is 2.83. The van der Waals surface area contributed by atoms with Gasteiger partial charge in [-0.25, -0.2) is 8.42 Å². The minimum atomic E-state index is -4.10. The van der Waals surface area contributed by atoms with Crippen LogP contribution >= 0.6 is 11.6 Å². The second-order valence-corrected chi connectivity index (χ2v) is 9.36. The molecule has 3 aromatic carbocycles. The van der Waals surface area contributed by atoms with Crippen molar-refractivity contribution in [3.8, 4) is 17.2 Å². The van der Waals surface area contributed by atoms with E-state index in [-0.39, 0.29) is 17.1 Å². The smallest absolute Gasteiger partial charge is 0.243 e. The standard InChI is InChI=1S/C24H25ClN2O6S/c1-31-21-11-9-17(25)14-19(21)26-24(28)20(13-16-7-5-4-6-8-16)27-34(29,30)18-10-12-22(32-2)23(15-18)33-3/h4-12,14-15,20,27H,13H2,1-3H3,(H,26,28)/t20-/m0/s1. The lowest BCUT2D eigenvalue weighted by atomic mass is 10.1. The number of amides is 1. The van der Waals surface area contributed by atoms with E-state index in [9.17, 15) is 13.2 Å². The molecule has 3 aromatic rings. The van der Waals surface area contributed by atoms with E-state index >= 15 is 0 Å². The number of benzene rings is 3. The molecule has 2 N–H and O–H groups in total. The lowest BCUT2D eigenvalue weighted by molar-refractivity contribution is -0.117. The fraction of sp³-hybridized carbons (Fsp3) is 0.208. The summed E-state index contributed by atoms with van der Waals surface area (Å²) in [4.78, 5) is 13.2. The number of anilines is 1. The van der Waals surface area contributed by atoms with Crippen molar-refractivity contribution in [1.29, 1.82) is 0 Å². The number of hydrogen-bond donors (Lipinski definition) is 2. The fourth-order valence-corrected chi connectivity index (χ4v) is 4.66. The van der Waals surface area contributed by atoms with Crippen LogP contribution in [0.25, 0.3) is 0 Å². The molecule has 0 radical (unpaired) electrons. The van der Waals surface area contributed by atoms with Gasteiger partial charge < -0.3 is 19.5 Å². The van der Waals surface area contributed by atoms with Gasteiger partial charge in [-0.2, -0.15) is 4.72 Å². The molecule has 0 saturated heterocycles. The molecule has 0 spiro atoms. The second-order valence-electron chi connectivity index (χ2n) is 7.21. The lowest BCUT2D eigenvalue weighted by Crippen LogP contribution is -2.45. The van der Waals surface area contributed by atoms with E-state index in [2.05, 4.69) is 10.0 Å². The summed E-state index contributed by atoms with van der Waals surface area (Å²) in [6.07, 6.45) is 0.113. The molecular formula is C24H25ClN2O6S. The molecule has 3 rings (SSSR count). The zero-order valence-corrected chi connectivity index (χ0v) is 20.4. The molecule has 0 aliphatic heterocycles. The number of hydrogen-bond acceptors (Lipinski definition) is 6. The maximum atomic E-state index is 13.2. The van der Waals surface area contributed by atoms with Crippen LogP contribution in [0.4, 0.5) is 5.69 Å². The van der Waals surface area contributed by atoms with Gasteiger partial charge in [-0.1, -0.05) is 41.9 Å². The van der Waals surface area contributed by atoms with E-state index in [4.69, 9.17) is 25.8 Å². The van der Waals surface area contributed by atoms with Crippen LogP contribution in [0.1, 0.15) is 5.56 Å². The number of methoxy groups -OCH3 is 3. The second kappa shape index (κ2) is 11.2. The average molecular weight is 505 g/mol. The molecule has 10 heteroatoms. The number of rotatable bonds is 10. The summed E-state index contributed by atoms with van der Waals surface area (Å²) >= 11 is 6.07. The summed E-state index contributed by atoms with van der Waals surface area (Å²) in [7, 11) is 0.218. The predicted molar refractivity (Wildman–Crippen MR) is 130 cm³/mol. The Morgan fingerprint density at radius 2 is 1.53 bits per heavy atom. The van der Waals surface area contributed by atoms with Crippen molar-refractivity contribution < 1.29 is 27.4 Å². The van der Waals surface area contributed by atoms with Gasteiger partial charge in [0, 0.05) is 11.1 Å². The maximum Gasteiger partial charge on any atom is 0.243 e. The van der Waals surface area contributed by atoms with Crippen LogP contribution < -0.4 is 24.2 Å². The molecule has 34 heavy (non-hydrogen) atoms. The van der Waals surface area contributed by atoms with Crippen molar-refractivity contribution in [2.45, 2.75) is 17.4 Å².